The molecule has 0 amide bonds. The average molecular weight is 335 g/mol. The molecule has 104 valence electrons. The number of halogens is 1. The second-order valence-electron chi connectivity index (χ2n) is 4.37. The number of aryl methyl sites for hydroxylation is 1. The molecule has 20 heavy (non-hydrogen) atoms. The van der Waals surface area contributed by atoms with E-state index in [4.69, 9.17) is 4.74 Å². The van der Waals surface area contributed by atoms with E-state index in [0.717, 1.165) is 16.5 Å². The third-order valence-corrected chi connectivity index (χ3v) is 3.60. The van der Waals surface area contributed by atoms with Crippen LogP contribution in [0.3, 0.4) is 0 Å². The Labute approximate surface area is 126 Å². The largest absolute Gasteiger partial charge is 0.478 e. The van der Waals surface area contributed by atoms with Gasteiger partial charge in [0.1, 0.15) is 5.75 Å². The van der Waals surface area contributed by atoms with Crippen molar-refractivity contribution >= 4 is 21.9 Å². The van der Waals surface area contributed by atoms with Gasteiger partial charge >= 0.3 is 5.97 Å². The summed E-state index contributed by atoms with van der Waals surface area (Å²) in [5.74, 6) is -0.485. The van der Waals surface area contributed by atoms with Crippen LogP contribution in [0.1, 0.15) is 24.2 Å². The van der Waals surface area contributed by atoms with Crippen molar-refractivity contribution in [1.29, 1.82) is 0 Å². The van der Waals surface area contributed by atoms with Crippen molar-refractivity contribution in [3.63, 3.8) is 0 Å². The molecule has 0 aromatic heterocycles. The van der Waals surface area contributed by atoms with Crippen molar-refractivity contribution in [2.45, 2.75) is 19.4 Å². The Morgan fingerprint density at radius 2 is 1.95 bits per heavy atom. The summed E-state index contributed by atoms with van der Waals surface area (Å²) in [4.78, 5) is 11.4. The zero-order valence-corrected chi connectivity index (χ0v) is 12.6. The summed E-state index contributed by atoms with van der Waals surface area (Å²) in [6, 6.07) is 14.6. The molecule has 0 aliphatic heterocycles. The number of aliphatic carboxylic acids is 1. The Hall–Kier alpha value is -1.81. The first kappa shape index (κ1) is 14.6. The maximum absolute atomic E-state index is 11.4. The monoisotopic (exact) mass is 334 g/mol. The highest BCUT2D eigenvalue weighted by Crippen LogP contribution is 2.30. The van der Waals surface area contributed by atoms with Gasteiger partial charge in [0.2, 0.25) is 6.10 Å². The second kappa shape index (κ2) is 6.57. The summed E-state index contributed by atoms with van der Waals surface area (Å²) >= 11 is 3.42. The van der Waals surface area contributed by atoms with Crippen LogP contribution in [0.25, 0.3) is 0 Å². The number of carboxylic acids is 1. The fourth-order valence-corrected chi connectivity index (χ4v) is 2.40. The molecule has 0 fully saturated rings. The highest BCUT2D eigenvalue weighted by molar-refractivity contribution is 9.10. The van der Waals surface area contributed by atoms with Crippen molar-refractivity contribution in [3.8, 4) is 5.75 Å². The fraction of sp³-hybridized carbons (Fsp3) is 0.188. The maximum Gasteiger partial charge on any atom is 0.349 e. The summed E-state index contributed by atoms with van der Waals surface area (Å²) in [7, 11) is 0. The number of hydrogen-bond donors (Lipinski definition) is 1. The molecule has 2 aromatic rings. The second-order valence-corrected chi connectivity index (χ2v) is 5.22. The predicted molar refractivity (Wildman–Crippen MR) is 81.0 cm³/mol. The smallest absolute Gasteiger partial charge is 0.349 e. The van der Waals surface area contributed by atoms with Crippen molar-refractivity contribution in [2.75, 3.05) is 0 Å². The van der Waals surface area contributed by atoms with Gasteiger partial charge in [0.25, 0.3) is 0 Å². The number of benzene rings is 2. The van der Waals surface area contributed by atoms with E-state index in [0.29, 0.717) is 11.3 Å². The van der Waals surface area contributed by atoms with Crippen LogP contribution < -0.4 is 4.74 Å². The minimum atomic E-state index is -1.01. The lowest BCUT2D eigenvalue weighted by Gasteiger charge is -2.17. The van der Waals surface area contributed by atoms with E-state index in [1.807, 2.05) is 18.2 Å². The molecule has 4 heteroatoms. The number of hydrogen-bond acceptors (Lipinski definition) is 2. The van der Waals surface area contributed by atoms with Crippen molar-refractivity contribution in [1.82, 2.24) is 0 Å². The summed E-state index contributed by atoms with van der Waals surface area (Å²) in [6.07, 6.45) is -0.0973. The number of carbonyl (C=O) groups is 1. The first-order valence-corrected chi connectivity index (χ1v) is 7.14. The van der Waals surface area contributed by atoms with Gasteiger partial charge in [-0.15, -0.1) is 0 Å². The van der Waals surface area contributed by atoms with Crippen molar-refractivity contribution < 1.29 is 14.6 Å². The van der Waals surface area contributed by atoms with Crippen LogP contribution in [-0.2, 0) is 11.2 Å². The van der Waals surface area contributed by atoms with Gasteiger partial charge in [-0.3, -0.25) is 0 Å². The molecule has 1 N–H and O–H groups in total. The van der Waals surface area contributed by atoms with Crippen LogP contribution in [0.15, 0.2) is 53.0 Å². The Kier molecular flexibility index (Phi) is 4.79. The van der Waals surface area contributed by atoms with Crippen molar-refractivity contribution in [3.05, 3.63) is 64.1 Å². The standard InChI is InChI=1S/C16H15BrO3/c1-2-11-8-9-14(13(17)10-11)20-15(16(18)19)12-6-4-3-5-7-12/h3-10,15H,2H2,1H3,(H,18,19). The van der Waals surface area contributed by atoms with Gasteiger partial charge in [-0.2, -0.15) is 0 Å². The Bertz CT molecular complexity index is 596. The zero-order valence-electron chi connectivity index (χ0n) is 11.0. The van der Waals surface area contributed by atoms with E-state index in [9.17, 15) is 9.90 Å². The lowest BCUT2D eigenvalue weighted by molar-refractivity contribution is -0.145. The number of rotatable bonds is 5. The number of carboxylic acid groups (broad SMARTS) is 1. The molecule has 0 aliphatic rings. The molecule has 2 aromatic carbocycles. The summed E-state index contributed by atoms with van der Waals surface area (Å²) < 4.78 is 6.41. The molecule has 0 spiro atoms. The minimum Gasteiger partial charge on any atom is -0.478 e. The van der Waals surface area contributed by atoms with E-state index in [2.05, 4.69) is 22.9 Å². The zero-order chi connectivity index (χ0) is 14.5. The molecule has 0 radical (unpaired) electrons. The van der Waals surface area contributed by atoms with Crippen molar-refractivity contribution in [2.24, 2.45) is 0 Å². The molecular formula is C16H15BrO3. The summed E-state index contributed by atoms with van der Waals surface area (Å²) in [5, 5.41) is 9.34. The maximum atomic E-state index is 11.4. The highest BCUT2D eigenvalue weighted by Gasteiger charge is 2.22. The van der Waals surface area contributed by atoms with Gasteiger partial charge in [0.05, 0.1) is 4.47 Å². The van der Waals surface area contributed by atoms with Crippen LogP contribution in [-0.4, -0.2) is 11.1 Å². The molecular weight excluding hydrogens is 320 g/mol. The SMILES string of the molecule is CCc1ccc(OC(C(=O)O)c2ccccc2)c(Br)c1. The van der Waals surface area contributed by atoms with Gasteiger partial charge < -0.3 is 9.84 Å². The first-order chi connectivity index (χ1) is 9.61. The molecule has 0 bridgehead atoms. The van der Waals surface area contributed by atoms with Crippen LogP contribution in [0, 0.1) is 0 Å². The lowest BCUT2D eigenvalue weighted by Crippen LogP contribution is -2.18. The van der Waals surface area contributed by atoms with Crippen LogP contribution >= 0.6 is 15.9 Å². The molecule has 1 atom stereocenters. The Balaban J connectivity index is 2.28. The quantitative estimate of drug-likeness (QED) is 0.890. The molecule has 0 saturated carbocycles. The molecule has 2 rings (SSSR count). The van der Waals surface area contributed by atoms with E-state index in [1.165, 1.54) is 0 Å². The summed E-state index contributed by atoms with van der Waals surface area (Å²) in [6.45, 7) is 2.06. The average Bonchev–Trinajstić information content (AvgIpc) is 2.46. The van der Waals surface area contributed by atoms with Gasteiger partial charge in [-0.25, -0.2) is 4.79 Å². The van der Waals surface area contributed by atoms with Crippen LogP contribution in [0.2, 0.25) is 0 Å². The molecule has 1 unspecified atom stereocenters. The van der Waals surface area contributed by atoms with Crippen LogP contribution in [0.4, 0.5) is 0 Å². The Morgan fingerprint density at radius 1 is 1.25 bits per heavy atom. The third kappa shape index (κ3) is 3.39. The molecule has 0 heterocycles. The van der Waals surface area contributed by atoms with Gasteiger partial charge in [0, 0.05) is 5.56 Å². The number of ether oxygens (including phenoxy) is 1. The predicted octanol–water partition coefficient (Wildman–Crippen LogP) is 4.22. The van der Waals surface area contributed by atoms with Gasteiger partial charge in [0.15, 0.2) is 0 Å². The first-order valence-electron chi connectivity index (χ1n) is 6.34. The van der Waals surface area contributed by atoms with E-state index in [-0.39, 0.29) is 0 Å². The molecule has 0 aliphatic carbocycles. The minimum absolute atomic E-state index is 0.526. The third-order valence-electron chi connectivity index (χ3n) is 2.98. The van der Waals surface area contributed by atoms with Gasteiger partial charge in [-0.1, -0.05) is 43.3 Å². The fourth-order valence-electron chi connectivity index (χ4n) is 1.88. The van der Waals surface area contributed by atoms with E-state index >= 15 is 0 Å². The molecule has 3 nitrogen and oxygen atoms in total. The van der Waals surface area contributed by atoms with Crippen LogP contribution in [0.5, 0.6) is 5.75 Å². The highest BCUT2D eigenvalue weighted by atomic mass is 79.9. The van der Waals surface area contributed by atoms with E-state index < -0.39 is 12.1 Å². The van der Waals surface area contributed by atoms with Gasteiger partial charge in [-0.05, 0) is 40.0 Å². The lowest BCUT2D eigenvalue weighted by atomic mass is 10.1. The summed E-state index contributed by atoms with van der Waals surface area (Å²) in [5.41, 5.74) is 1.78. The Morgan fingerprint density at radius 3 is 2.50 bits per heavy atom. The molecule has 0 saturated heterocycles. The normalized spacial score (nSPS) is 11.9. The topological polar surface area (TPSA) is 46.5 Å². The van der Waals surface area contributed by atoms with E-state index in [1.54, 1.807) is 30.3 Å².